The zero-order valence-corrected chi connectivity index (χ0v) is 14.4. The number of benzene rings is 1. The number of anilines is 1. The van der Waals surface area contributed by atoms with Gasteiger partial charge >= 0.3 is 0 Å². The molecule has 7 heteroatoms. The van der Waals surface area contributed by atoms with Crippen LogP contribution in [0.5, 0.6) is 0 Å². The fourth-order valence-corrected chi connectivity index (χ4v) is 2.98. The second kappa shape index (κ2) is 8.91. The second-order valence-electron chi connectivity index (χ2n) is 5.35. The van der Waals surface area contributed by atoms with Gasteiger partial charge in [0.15, 0.2) is 0 Å². The van der Waals surface area contributed by atoms with Crippen molar-refractivity contribution in [1.29, 1.82) is 0 Å². The van der Waals surface area contributed by atoms with Gasteiger partial charge in [-0.3, -0.25) is 4.79 Å². The van der Waals surface area contributed by atoms with Crippen molar-refractivity contribution in [1.82, 2.24) is 9.78 Å². The van der Waals surface area contributed by atoms with Crippen LogP contribution in [0.4, 0.5) is 5.82 Å². The summed E-state index contributed by atoms with van der Waals surface area (Å²) in [4.78, 5) is 11.8. The van der Waals surface area contributed by atoms with Crippen LogP contribution in [-0.4, -0.2) is 22.2 Å². The van der Waals surface area contributed by atoms with E-state index in [4.69, 9.17) is 5.73 Å². The normalized spacial score (nSPS) is 15.8. The summed E-state index contributed by atoms with van der Waals surface area (Å²) in [6.07, 6.45) is 5.35. The highest BCUT2D eigenvalue weighted by Gasteiger charge is 2.23. The molecule has 1 aliphatic carbocycles. The lowest BCUT2D eigenvalue weighted by Gasteiger charge is -2.27. The Hall–Kier alpha value is -1.56. The summed E-state index contributed by atoms with van der Waals surface area (Å²) >= 11 is 0. The summed E-state index contributed by atoms with van der Waals surface area (Å²) < 4.78 is 1.92. The molecule has 0 saturated carbocycles. The van der Waals surface area contributed by atoms with Crippen molar-refractivity contribution in [3.05, 3.63) is 47.7 Å². The van der Waals surface area contributed by atoms with Gasteiger partial charge in [0, 0.05) is 19.0 Å². The van der Waals surface area contributed by atoms with E-state index in [9.17, 15) is 4.79 Å². The second-order valence-corrected chi connectivity index (χ2v) is 5.35. The van der Waals surface area contributed by atoms with Crippen molar-refractivity contribution in [2.45, 2.75) is 31.7 Å². The van der Waals surface area contributed by atoms with E-state index < -0.39 is 0 Å². The molecule has 1 atom stereocenters. The van der Waals surface area contributed by atoms with Crippen molar-refractivity contribution in [3.8, 4) is 0 Å². The van der Waals surface area contributed by atoms with Crippen LogP contribution in [0.25, 0.3) is 0 Å². The van der Waals surface area contributed by atoms with E-state index >= 15 is 0 Å². The highest BCUT2D eigenvalue weighted by atomic mass is 35.5. The van der Waals surface area contributed by atoms with Gasteiger partial charge in [0.05, 0.1) is 12.2 Å². The first-order valence-corrected chi connectivity index (χ1v) is 7.41. The third-order valence-electron chi connectivity index (χ3n) is 3.94. The Kier molecular flexibility index (Phi) is 7.55. The highest BCUT2D eigenvalue weighted by Crippen LogP contribution is 2.34. The van der Waals surface area contributed by atoms with Crippen LogP contribution in [0.15, 0.2) is 36.5 Å². The number of amides is 1. The maximum absolute atomic E-state index is 11.8. The fraction of sp³-hybridized carbons (Fsp3) is 0.375. The number of carbonyl (C=O) groups is 1. The number of carbonyl (C=O) groups excluding carboxylic acids is 1. The van der Waals surface area contributed by atoms with Gasteiger partial charge in [0.25, 0.3) is 0 Å². The quantitative estimate of drug-likeness (QED) is 0.884. The minimum Gasteiger partial charge on any atom is -0.330 e. The van der Waals surface area contributed by atoms with Crippen molar-refractivity contribution < 1.29 is 4.79 Å². The standard InChI is InChI=1S/C16H20N4O.2ClH/c17-10-8-16(21)19-15-9-11-18-20(15)14-7-3-5-12-4-1-2-6-13(12)14;;/h1-2,4,6,9,11,14H,3,5,7-8,10,17H2,(H,19,21);2*1H. The summed E-state index contributed by atoms with van der Waals surface area (Å²) in [7, 11) is 0. The van der Waals surface area contributed by atoms with Gasteiger partial charge in [-0.2, -0.15) is 5.10 Å². The number of halogens is 2. The predicted octanol–water partition coefficient (Wildman–Crippen LogP) is 2.94. The highest BCUT2D eigenvalue weighted by molar-refractivity contribution is 5.90. The molecule has 3 N–H and O–H groups in total. The van der Waals surface area contributed by atoms with Crippen LogP contribution in [-0.2, 0) is 11.2 Å². The fourth-order valence-electron chi connectivity index (χ4n) is 2.98. The lowest BCUT2D eigenvalue weighted by Crippen LogP contribution is -2.23. The molecule has 23 heavy (non-hydrogen) atoms. The number of nitrogens with zero attached hydrogens (tertiary/aromatic N) is 2. The van der Waals surface area contributed by atoms with Crippen LogP contribution >= 0.6 is 24.8 Å². The largest absolute Gasteiger partial charge is 0.330 e. The average molecular weight is 357 g/mol. The van der Waals surface area contributed by atoms with Crippen LogP contribution in [0, 0.1) is 0 Å². The van der Waals surface area contributed by atoms with E-state index in [0.717, 1.165) is 25.1 Å². The van der Waals surface area contributed by atoms with Gasteiger partial charge in [0.2, 0.25) is 5.91 Å². The minimum absolute atomic E-state index is 0. The molecule has 2 aromatic rings. The van der Waals surface area contributed by atoms with Gasteiger partial charge in [0.1, 0.15) is 5.82 Å². The molecule has 0 fully saturated rings. The number of aromatic nitrogens is 2. The number of hydrogen-bond acceptors (Lipinski definition) is 3. The Labute approximate surface area is 148 Å². The van der Waals surface area contributed by atoms with Crippen molar-refractivity contribution in [2.75, 3.05) is 11.9 Å². The van der Waals surface area contributed by atoms with E-state index in [-0.39, 0.29) is 36.8 Å². The van der Waals surface area contributed by atoms with Gasteiger partial charge in [-0.1, -0.05) is 24.3 Å². The third-order valence-corrected chi connectivity index (χ3v) is 3.94. The number of nitrogens with one attached hydrogen (secondary N) is 1. The molecule has 0 radical (unpaired) electrons. The Morgan fingerprint density at radius 3 is 2.87 bits per heavy atom. The summed E-state index contributed by atoms with van der Waals surface area (Å²) in [6.45, 7) is 0.353. The van der Waals surface area contributed by atoms with Crippen molar-refractivity contribution >= 4 is 36.5 Å². The lowest BCUT2D eigenvalue weighted by atomic mass is 9.88. The first kappa shape index (κ1) is 19.5. The van der Waals surface area contributed by atoms with E-state index in [2.05, 4.69) is 34.7 Å². The van der Waals surface area contributed by atoms with Gasteiger partial charge < -0.3 is 11.1 Å². The molecular formula is C16H22Cl2N4O. The summed E-state index contributed by atoms with van der Waals surface area (Å²) in [5, 5.41) is 7.32. The summed E-state index contributed by atoms with van der Waals surface area (Å²) in [5.41, 5.74) is 8.10. The monoisotopic (exact) mass is 356 g/mol. The molecule has 0 aliphatic heterocycles. The molecule has 1 aliphatic rings. The molecule has 1 aromatic carbocycles. The number of hydrogen-bond donors (Lipinski definition) is 2. The first-order chi connectivity index (χ1) is 10.3. The van der Waals surface area contributed by atoms with Crippen LogP contribution in [0.1, 0.15) is 36.4 Å². The molecule has 0 spiro atoms. The number of aryl methyl sites for hydroxylation is 1. The van der Waals surface area contributed by atoms with Crippen LogP contribution < -0.4 is 11.1 Å². The summed E-state index contributed by atoms with van der Waals surface area (Å²) in [6, 6.07) is 10.5. The van der Waals surface area contributed by atoms with Crippen molar-refractivity contribution in [2.24, 2.45) is 5.73 Å². The first-order valence-electron chi connectivity index (χ1n) is 7.41. The topological polar surface area (TPSA) is 72.9 Å². The minimum atomic E-state index is -0.0663. The molecule has 1 unspecified atom stereocenters. The van der Waals surface area contributed by atoms with Crippen molar-refractivity contribution in [3.63, 3.8) is 0 Å². The molecule has 3 rings (SSSR count). The molecule has 0 bridgehead atoms. The smallest absolute Gasteiger partial charge is 0.226 e. The Morgan fingerprint density at radius 1 is 1.30 bits per heavy atom. The van der Waals surface area contributed by atoms with E-state index in [0.29, 0.717) is 13.0 Å². The number of rotatable bonds is 4. The maximum Gasteiger partial charge on any atom is 0.226 e. The Balaban J connectivity index is 0.00000132. The zero-order chi connectivity index (χ0) is 14.7. The third kappa shape index (κ3) is 4.25. The molecule has 1 aromatic heterocycles. The van der Waals surface area contributed by atoms with Gasteiger partial charge in [-0.25, -0.2) is 4.68 Å². The lowest BCUT2D eigenvalue weighted by molar-refractivity contribution is -0.116. The van der Waals surface area contributed by atoms with Gasteiger partial charge in [-0.05, 0) is 30.4 Å². The Morgan fingerprint density at radius 2 is 2.09 bits per heavy atom. The maximum atomic E-state index is 11.8. The molecule has 0 saturated heterocycles. The van der Waals surface area contributed by atoms with E-state index in [1.165, 1.54) is 11.1 Å². The molecular weight excluding hydrogens is 335 g/mol. The van der Waals surface area contributed by atoms with Crippen LogP contribution in [0.3, 0.4) is 0 Å². The number of fused-ring (bicyclic) bond motifs is 1. The van der Waals surface area contributed by atoms with E-state index in [1.54, 1.807) is 6.20 Å². The summed E-state index contributed by atoms with van der Waals surface area (Å²) in [5.74, 6) is 0.679. The predicted molar refractivity (Wildman–Crippen MR) is 96.5 cm³/mol. The molecule has 1 amide bonds. The van der Waals surface area contributed by atoms with E-state index in [1.807, 2.05) is 10.7 Å². The average Bonchev–Trinajstić information content (AvgIpc) is 2.95. The molecule has 5 nitrogen and oxygen atoms in total. The molecule has 1 heterocycles. The SMILES string of the molecule is Cl.Cl.NCCC(=O)Nc1ccnn1C1CCCc2ccccc21. The molecule has 126 valence electrons. The Bertz CT molecular complexity index is 645. The number of nitrogens with two attached hydrogens (primary N) is 1. The van der Waals surface area contributed by atoms with Crippen LogP contribution in [0.2, 0.25) is 0 Å². The zero-order valence-electron chi connectivity index (χ0n) is 12.8. The van der Waals surface area contributed by atoms with Gasteiger partial charge in [-0.15, -0.1) is 24.8 Å².